The second-order valence-corrected chi connectivity index (χ2v) is 3.96. The van der Waals surface area contributed by atoms with E-state index >= 15 is 0 Å². The van der Waals surface area contributed by atoms with E-state index in [0.717, 1.165) is 5.56 Å². The smallest absolute Gasteiger partial charge is 0.255 e. The van der Waals surface area contributed by atoms with Gasteiger partial charge in [-0.25, -0.2) is 4.98 Å². The van der Waals surface area contributed by atoms with Crippen LogP contribution in [0.5, 0.6) is 0 Å². The van der Waals surface area contributed by atoms with Gasteiger partial charge in [0.2, 0.25) is 0 Å². The molecule has 0 bridgehead atoms. The number of hydrogen-bond donors (Lipinski definition) is 1. The summed E-state index contributed by atoms with van der Waals surface area (Å²) in [6.45, 7) is 0. The summed E-state index contributed by atoms with van der Waals surface area (Å²) in [5, 5.41) is 8.63. The molecule has 84 valence electrons. The molecule has 0 saturated heterocycles. The fraction of sp³-hybridized carbons (Fsp3) is 0. The normalized spacial score (nSPS) is 10.9. The molecule has 0 fully saturated rings. The standard InChI is InChI=1S/C11H8ClN5/c12-9-3-2-7(13)6-8(9)10-15-16-11-14-4-1-5-17(10)11/h1-6H,13H2. The first-order valence-corrected chi connectivity index (χ1v) is 5.34. The molecule has 3 aromatic rings. The van der Waals surface area contributed by atoms with Crippen molar-refractivity contribution < 1.29 is 0 Å². The number of nitrogen functional groups attached to an aromatic ring is 1. The maximum atomic E-state index is 6.13. The second kappa shape index (κ2) is 3.71. The Balaban J connectivity index is 2.31. The molecule has 0 aliphatic rings. The molecule has 2 aromatic heterocycles. The molecule has 0 aliphatic carbocycles. The van der Waals surface area contributed by atoms with E-state index in [2.05, 4.69) is 15.2 Å². The van der Waals surface area contributed by atoms with Gasteiger partial charge in [0.15, 0.2) is 5.82 Å². The highest BCUT2D eigenvalue weighted by molar-refractivity contribution is 6.33. The molecular formula is C11H8ClN5. The van der Waals surface area contributed by atoms with Gasteiger partial charge in [-0.2, -0.15) is 0 Å². The molecule has 17 heavy (non-hydrogen) atoms. The quantitative estimate of drug-likeness (QED) is 0.666. The summed E-state index contributed by atoms with van der Waals surface area (Å²) in [6, 6.07) is 7.06. The molecule has 2 heterocycles. The van der Waals surface area contributed by atoms with Gasteiger partial charge >= 0.3 is 0 Å². The van der Waals surface area contributed by atoms with Crippen molar-refractivity contribution in [3.63, 3.8) is 0 Å². The molecule has 0 radical (unpaired) electrons. The lowest BCUT2D eigenvalue weighted by Gasteiger charge is -2.03. The topological polar surface area (TPSA) is 69.1 Å². The minimum atomic E-state index is 0.529. The van der Waals surface area contributed by atoms with Crippen LogP contribution in [-0.4, -0.2) is 19.6 Å². The third kappa shape index (κ3) is 1.60. The van der Waals surface area contributed by atoms with Crippen LogP contribution in [0, 0.1) is 0 Å². The SMILES string of the molecule is Nc1ccc(Cl)c(-c2nnc3ncccn23)c1. The number of halogens is 1. The predicted octanol–water partition coefficient (Wildman–Crippen LogP) is 2.03. The number of fused-ring (bicyclic) bond motifs is 1. The van der Waals surface area contributed by atoms with Gasteiger partial charge in [0, 0.05) is 23.6 Å². The van der Waals surface area contributed by atoms with Crippen LogP contribution in [0.2, 0.25) is 5.02 Å². The van der Waals surface area contributed by atoms with E-state index in [1.807, 2.05) is 6.20 Å². The molecule has 0 aliphatic heterocycles. The Bertz CT molecular complexity index is 691. The van der Waals surface area contributed by atoms with E-state index in [9.17, 15) is 0 Å². The van der Waals surface area contributed by atoms with Crippen molar-refractivity contribution >= 4 is 23.1 Å². The van der Waals surface area contributed by atoms with Gasteiger partial charge in [0.1, 0.15) is 0 Å². The zero-order chi connectivity index (χ0) is 11.8. The fourth-order valence-electron chi connectivity index (χ4n) is 1.64. The number of rotatable bonds is 1. The Morgan fingerprint density at radius 3 is 3.00 bits per heavy atom. The van der Waals surface area contributed by atoms with Crippen LogP contribution in [-0.2, 0) is 0 Å². The molecule has 2 N–H and O–H groups in total. The van der Waals surface area contributed by atoms with Crippen molar-refractivity contribution in [2.24, 2.45) is 0 Å². The van der Waals surface area contributed by atoms with Crippen molar-refractivity contribution in [3.05, 3.63) is 41.7 Å². The van der Waals surface area contributed by atoms with Gasteiger partial charge in [-0.1, -0.05) is 11.6 Å². The van der Waals surface area contributed by atoms with Crippen molar-refractivity contribution in [3.8, 4) is 11.4 Å². The largest absolute Gasteiger partial charge is 0.399 e. The molecular weight excluding hydrogens is 238 g/mol. The van der Waals surface area contributed by atoms with Gasteiger partial charge < -0.3 is 5.73 Å². The molecule has 0 saturated carbocycles. The number of anilines is 1. The van der Waals surface area contributed by atoms with Crippen LogP contribution in [0.4, 0.5) is 5.69 Å². The molecule has 3 rings (SSSR count). The van der Waals surface area contributed by atoms with Crippen LogP contribution in [0.3, 0.4) is 0 Å². The minimum absolute atomic E-state index is 0.529. The summed E-state index contributed by atoms with van der Waals surface area (Å²) in [4.78, 5) is 4.09. The van der Waals surface area contributed by atoms with Crippen LogP contribution < -0.4 is 5.73 Å². The molecule has 0 atom stereocenters. The maximum Gasteiger partial charge on any atom is 0.255 e. The summed E-state index contributed by atoms with van der Waals surface area (Å²) >= 11 is 6.13. The van der Waals surface area contributed by atoms with Gasteiger partial charge in [-0.15, -0.1) is 10.2 Å². The summed E-state index contributed by atoms with van der Waals surface area (Å²) in [5.74, 6) is 1.16. The molecule has 5 nitrogen and oxygen atoms in total. The van der Waals surface area contributed by atoms with Crippen molar-refractivity contribution in [2.45, 2.75) is 0 Å². The number of hydrogen-bond acceptors (Lipinski definition) is 4. The summed E-state index contributed by atoms with van der Waals surface area (Å²) < 4.78 is 1.76. The fourth-order valence-corrected chi connectivity index (χ4v) is 1.84. The summed E-state index contributed by atoms with van der Waals surface area (Å²) in [6.07, 6.45) is 3.49. The molecule has 0 unspecified atom stereocenters. The molecule has 1 aromatic carbocycles. The monoisotopic (exact) mass is 245 g/mol. The minimum Gasteiger partial charge on any atom is -0.399 e. The summed E-state index contributed by atoms with van der Waals surface area (Å²) in [7, 11) is 0. The summed E-state index contributed by atoms with van der Waals surface area (Å²) in [5.41, 5.74) is 7.12. The number of nitrogens with zero attached hydrogens (tertiary/aromatic N) is 4. The first kappa shape index (κ1) is 10.0. The van der Waals surface area contributed by atoms with Crippen molar-refractivity contribution in [1.82, 2.24) is 19.6 Å². The van der Waals surface area contributed by atoms with E-state index in [1.165, 1.54) is 0 Å². The van der Waals surface area contributed by atoms with Gasteiger partial charge in [-0.05, 0) is 24.3 Å². The van der Waals surface area contributed by atoms with Crippen molar-refractivity contribution in [2.75, 3.05) is 5.73 Å². The van der Waals surface area contributed by atoms with Crippen molar-refractivity contribution in [1.29, 1.82) is 0 Å². The molecule has 6 heteroatoms. The third-order valence-electron chi connectivity index (χ3n) is 2.42. The first-order valence-electron chi connectivity index (χ1n) is 4.97. The van der Waals surface area contributed by atoms with E-state index in [1.54, 1.807) is 34.9 Å². The third-order valence-corrected chi connectivity index (χ3v) is 2.75. The number of benzene rings is 1. The van der Waals surface area contributed by atoms with E-state index in [-0.39, 0.29) is 0 Å². The lowest BCUT2D eigenvalue weighted by molar-refractivity contribution is 1.10. The lowest BCUT2D eigenvalue weighted by Crippen LogP contribution is -1.92. The molecule has 0 spiro atoms. The van der Waals surface area contributed by atoms with Gasteiger partial charge in [0.25, 0.3) is 5.78 Å². The Kier molecular flexibility index (Phi) is 2.19. The maximum absolute atomic E-state index is 6.13. The highest BCUT2D eigenvalue weighted by atomic mass is 35.5. The van der Waals surface area contributed by atoms with Gasteiger partial charge in [0.05, 0.1) is 5.02 Å². The van der Waals surface area contributed by atoms with E-state index in [4.69, 9.17) is 17.3 Å². The Morgan fingerprint density at radius 2 is 2.12 bits per heavy atom. The zero-order valence-electron chi connectivity index (χ0n) is 8.71. The highest BCUT2D eigenvalue weighted by Gasteiger charge is 2.11. The van der Waals surface area contributed by atoms with E-state index < -0.39 is 0 Å². The van der Waals surface area contributed by atoms with Crippen LogP contribution in [0.15, 0.2) is 36.7 Å². The average Bonchev–Trinajstić information content (AvgIpc) is 2.76. The Labute approximate surface area is 102 Å². The number of nitrogens with two attached hydrogens (primary N) is 1. The lowest BCUT2D eigenvalue weighted by atomic mass is 10.2. The first-order chi connectivity index (χ1) is 8.25. The average molecular weight is 246 g/mol. The highest BCUT2D eigenvalue weighted by Crippen LogP contribution is 2.28. The molecule has 0 amide bonds. The zero-order valence-corrected chi connectivity index (χ0v) is 9.46. The Hall–Kier alpha value is -2.14. The van der Waals surface area contributed by atoms with E-state index in [0.29, 0.717) is 22.3 Å². The van der Waals surface area contributed by atoms with Crippen LogP contribution >= 0.6 is 11.6 Å². The Morgan fingerprint density at radius 1 is 1.24 bits per heavy atom. The van der Waals surface area contributed by atoms with Gasteiger partial charge in [-0.3, -0.25) is 4.40 Å². The number of aromatic nitrogens is 4. The second-order valence-electron chi connectivity index (χ2n) is 3.55. The predicted molar refractivity (Wildman–Crippen MR) is 65.6 cm³/mol. The van der Waals surface area contributed by atoms with Crippen LogP contribution in [0.1, 0.15) is 0 Å². The van der Waals surface area contributed by atoms with Crippen LogP contribution in [0.25, 0.3) is 17.2 Å².